The second-order valence-corrected chi connectivity index (χ2v) is 5.26. The standard InChI is InChI=1S/C14H12ClFOS/c1-2-9-6-7-18-14(9)12(17)8-10-4-3-5-11(15)13(10)16/h3-7H,2,8H2,1H3. The Balaban J connectivity index is 2.24. The summed E-state index contributed by atoms with van der Waals surface area (Å²) in [5.41, 5.74) is 1.37. The average Bonchev–Trinajstić information content (AvgIpc) is 2.83. The Kier molecular flexibility index (Phi) is 4.15. The number of aryl methyl sites for hydroxylation is 1. The molecule has 0 aliphatic heterocycles. The van der Waals surface area contributed by atoms with Crippen LogP contribution in [0.5, 0.6) is 0 Å². The molecule has 0 saturated heterocycles. The molecule has 0 N–H and O–H groups in total. The molecule has 1 nitrogen and oxygen atoms in total. The molecule has 0 bridgehead atoms. The fraction of sp³-hybridized carbons (Fsp3) is 0.214. The molecule has 94 valence electrons. The van der Waals surface area contributed by atoms with E-state index in [4.69, 9.17) is 11.6 Å². The zero-order chi connectivity index (χ0) is 13.1. The zero-order valence-corrected chi connectivity index (χ0v) is 11.4. The van der Waals surface area contributed by atoms with Gasteiger partial charge in [-0.3, -0.25) is 4.79 Å². The van der Waals surface area contributed by atoms with Gasteiger partial charge in [0.15, 0.2) is 5.78 Å². The minimum absolute atomic E-state index is 0.0528. The quantitative estimate of drug-likeness (QED) is 0.753. The number of Topliss-reactive ketones (excluding diaryl/α,β-unsaturated/α-hetero) is 1. The minimum atomic E-state index is -0.498. The minimum Gasteiger partial charge on any atom is -0.293 e. The van der Waals surface area contributed by atoms with Gasteiger partial charge in [0.25, 0.3) is 0 Å². The van der Waals surface area contributed by atoms with E-state index in [0.29, 0.717) is 5.56 Å². The molecule has 0 atom stereocenters. The highest BCUT2D eigenvalue weighted by atomic mass is 35.5. The lowest BCUT2D eigenvalue weighted by Gasteiger charge is -2.04. The van der Waals surface area contributed by atoms with Crippen LogP contribution >= 0.6 is 22.9 Å². The first-order valence-electron chi connectivity index (χ1n) is 5.66. The van der Waals surface area contributed by atoms with Crippen molar-refractivity contribution in [3.63, 3.8) is 0 Å². The van der Waals surface area contributed by atoms with E-state index in [1.54, 1.807) is 12.1 Å². The molecule has 1 aromatic heterocycles. The Morgan fingerprint density at radius 1 is 1.33 bits per heavy atom. The molecule has 0 radical (unpaired) electrons. The van der Waals surface area contributed by atoms with Crippen LogP contribution in [0.1, 0.15) is 27.7 Å². The SMILES string of the molecule is CCc1ccsc1C(=O)Cc1cccc(Cl)c1F. The summed E-state index contributed by atoms with van der Waals surface area (Å²) in [5.74, 6) is -0.551. The molecular formula is C14H12ClFOS. The number of hydrogen-bond donors (Lipinski definition) is 0. The maximum absolute atomic E-state index is 13.7. The largest absolute Gasteiger partial charge is 0.293 e. The lowest BCUT2D eigenvalue weighted by atomic mass is 10.0. The lowest BCUT2D eigenvalue weighted by Crippen LogP contribution is -2.05. The zero-order valence-electron chi connectivity index (χ0n) is 9.87. The lowest BCUT2D eigenvalue weighted by molar-refractivity contribution is 0.0995. The fourth-order valence-electron chi connectivity index (χ4n) is 1.80. The Labute approximate surface area is 114 Å². The maximum Gasteiger partial charge on any atom is 0.177 e. The van der Waals surface area contributed by atoms with E-state index in [-0.39, 0.29) is 17.2 Å². The Hall–Kier alpha value is -1.19. The van der Waals surface area contributed by atoms with Gasteiger partial charge in [-0.25, -0.2) is 4.39 Å². The monoisotopic (exact) mass is 282 g/mol. The first-order chi connectivity index (χ1) is 8.63. The van der Waals surface area contributed by atoms with Crippen molar-refractivity contribution >= 4 is 28.7 Å². The van der Waals surface area contributed by atoms with Crippen LogP contribution in [-0.2, 0) is 12.8 Å². The fourth-order valence-corrected chi connectivity index (χ4v) is 2.93. The van der Waals surface area contributed by atoms with E-state index in [0.717, 1.165) is 16.9 Å². The molecule has 4 heteroatoms. The predicted octanol–water partition coefficient (Wildman–Crippen LogP) is 4.53. The Morgan fingerprint density at radius 3 is 2.83 bits per heavy atom. The highest BCUT2D eigenvalue weighted by molar-refractivity contribution is 7.12. The Morgan fingerprint density at radius 2 is 2.11 bits per heavy atom. The van der Waals surface area contributed by atoms with Crippen LogP contribution in [0.4, 0.5) is 4.39 Å². The summed E-state index contributed by atoms with van der Waals surface area (Å²) in [4.78, 5) is 12.8. The van der Waals surface area contributed by atoms with Gasteiger partial charge in [-0.15, -0.1) is 11.3 Å². The highest BCUT2D eigenvalue weighted by Crippen LogP contribution is 2.23. The number of benzene rings is 1. The van der Waals surface area contributed by atoms with E-state index in [1.807, 2.05) is 18.4 Å². The van der Waals surface area contributed by atoms with E-state index < -0.39 is 5.82 Å². The van der Waals surface area contributed by atoms with Crippen molar-refractivity contribution in [1.82, 2.24) is 0 Å². The van der Waals surface area contributed by atoms with Crippen LogP contribution in [0.15, 0.2) is 29.6 Å². The second-order valence-electron chi connectivity index (χ2n) is 3.94. The van der Waals surface area contributed by atoms with Crippen molar-refractivity contribution in [1.29, 1.82) is 0 Å². The van der Waals surface area contributed by atoms with Crippen molar-refractivity contribution in [3.05, 3.63) is 56.5 Å². The van der Waals surface area contributed by atoms with E-state index in [1.165, 1.54) is 17.4 Å². The molecule has 0 aliphatic rings. The third kappa shape index (κ3) is 2.62. The molecule has 0 aliphatic carbocycles. The molecule has 0 unspecified atom stereocenters. The van der Waals surface area contributed by atoms with Crippen molar-refractivity contribution in [2.45, 2.75) is 19.8 Å². The predicted molar refractivity (Wildman–Crippen MR) is 73.1 cm³/mol. The normalized spacial score (nSPS) is 10.6. The van der Waals surface area contributed by atoms with Crippen molar-refractivity contribution in [3.8, 4) is 0 Å². The van der Waals surface area contributed by atoms with Crippen LogP contribution in [0, 0.1) is 5.82 Å². The average molecular weight is 283 g/mol. The smallest absolute Gasteiger partial charge is 0.177 e. The summed E-state index contributed by atoms with van der Waals surface area (Å²) < 4.78 is 13.7. The number of carbonyl (C=O) groups is 1. The molecule has 2 rings (SSSR count). The van der Waals surface area contributed by atoms with Gasteiger partial charge in [-0.05, 0) is 35.1 Å². The molecule has 0 amide bonds. The molecule has 18 heavy (non-hydrogen) atoms. The number of halogens is 2. The van der Waals surface area contributed by atoms with Gasteiger partial charge in [0.2, 0.25) is 0 Å². The summed E-state index contributed by atoms with van der Waals surface area (Å²) in [6.45, 7) is 2.00. The second kappa shape index (κ2) is 5.63. The Bertz CT molecular complexity index is 577. The van der Waals surface area contributed by atoms with Crippen molar-refractivity contribution < 1.29 is 9.18 Å². The van der Waals surface area contributed by atoms with Gasteiger partial charge in [0.1, 0.15) is 5.82 Å². The van der Waals surface area contributed by atoms with E-state index in [2.05, 4.69) is 0 Å². The van der Waals surface area contributed by atoms with Gasteiger partial charge >= 0.3 is 0 Å². The van der Waals surface area contributed by atoms with Crippen LogP contribution < -0.4 is 0 Å². The molecule has 2 aromatic rings. The third-order valence-corrected chi connectivity index (χ3v) is 4.05. The van der Waals surface area contributed by atoms with Gasteiger partial charge in [0.05, 0.1) is 9.90 Å². The van der Waals surface area contributed by atoms with Crippen LogP contribution in [0.25, 0.3) is 0 Å². The summed E-state index contributed by atoms with van der Waals surface area (Å²) >= 11 is 7.10. The van der Waals surface area contributed by atoms with E-state index >= 15 is 0 Å². The number of ketones is 1. The van der Waals surface area contributed by atoms with Gasteiger partial charge in [-0.2, -0.15) is 0 Å². The summed E-state index contributed by atoms with van der Waals surface area (Å²) in [6, 6.07) is 6.67. The van der Waals surface area contributed by atoms with Gasteiger partial charge in [0, 0.05) is 6.42 Å². The summed E-state index contributed by atoms with van der Waals surface area (Å²) in [7, 11) is 0. The van der Waals surface area contributed by atoms with Gasteiger partial charge in [-0.1, -0.05) is 30.7 Å². The first kappa shape index (κ1) is 13.2. The van der Waals surface area contributed by atoms with Crippen LogP contribution in [0.2, 0.25) is 5.02 Å². The topological polar surface area (TPSA) is 17.1 Å². The van der Waals surface area contributed by atoms with Crippen molar-refractivity contribution in [2.24, 2.45) is 0 Å². The molecule has 0 saturated carbocycles. The summed E-state index contributed by atoms with van der Waals surface area (Å²) in [5, 5.41) is 1.95. The van der Waals surface area contributed by atoms with Gasteiger partial charge < -0.3 is 0 Å². The maximum atomic E-state index is 13.7. The first-order valence-corrected chi connectivity index (χ1v) is 6.91. The molecule has 0 spiro atoms. The number of rotatable bonds is 4. The number of carbonyl (C=O) groups excluding carboxylic acids is 1. The van der Waals surface area contributed by atoms with Crippen molar-refractivity contribution in [2.75, 3.05) is 0 Å². The van der Waals surface area contributed by atoms with E-state index in [9.17, 15) is 9.18 Å². The summed E-state index contributed by atoms with van der Waals surface area (Å²) in [6.07, 6.45) is 0.864. The van der Waals surface area contributed by atoms with Crippen LogP contribution in [-0.4, -0.2) is 5.78 Å². The highest BCUT2D eigenvalue weighted by Gasteiger charge is 2.15. The molecule has 1 aromatic carbocycles. The number of hydrogen-bond acceptors (Lipinski definition) is 2. The number of thiophene rings is 1. The molecule has 0 fully saturated rings. The third-order valence-electron chi connectivity index (χ3n) is 2.76. The molecular weight excluding hydrogens is 271 g/mol. The molecule has 1 heterocycles. The van der Waals surface area contributed by atoms with Crippen LogP contribution in [0.3, 0.4) is 0 Å².